The molecule has 0 atom stereocenters. The Labute approximate surface area is 98.1 Å². The second kappa shape index (κ2) is 3.10. The molecule has 1 aromatic carbocycles. The van der Waals surface area contributed by atoms with Crippen molar-refractivity contribution >= 4 is 22.7 Å². The summed E-state index contributed by atoms with van der Waals surface area (Å²) in [5.41, 5.74) is 4.09. The molecule has 17 heavy (non-hydrogen) atoms. The van der Waals surface area contributed by atoms with Crippen LogP contribution in [0.15, 0.2) is 41.0 Å². The number of para-hydroxylation sites is 1. The second-order valence-corrected chi connectivity index (χ2v) is 4.15. The van der Waals surface area contributed by atoms with Crippen molar-refractivity contribution in [3.05, 3.63) is 42.4 Å². The Hall–Kier alpha value is -2.29. The van der Waals surface area contributed by atoms with Gasteiger partial charge < -0.3 is 9.73 Å². The number of hydrogen-bond acceptors (Lipinski definition) is 3. The largest absolute Gasteiger partial charge is 0.462 e. The van der Waals surface area contributed by atoms with Gasteiger partial charge in [0.1, 0.15) is 17.6 Å². The molecule has 0 radical (unpaired) electrons. The molecular formula is C14H10N2O. The first-order valence-electron chi connectivity index (χ1n) is 5.64. The lowest BCUT2D eigenvalue weighted by molar-refractivity contribution is 0.542. The maximum atomic E-state index is 5.64. The Kier molecular flexibility index (Phi) is 1.61. The SMILES string of the molecule is C1=Cc2occ3c4ccccc4nc-3c2NC1. The van der Waals surface area contributed by atoms with Crippen LogP contribution < -0.4 is 5.32 Å². The van der Waals surface area contributed by atoms with Gasteiger partial charge in [-0.25, -0.2) is 4.98 Å². The third-order valence-corrected chi connectivity index (χ3v) is 3.13. The Morgan fingerprint density at radius 3 is 3.18 bits per heavy atom. The predicted molar refractivity (Wildman–Crippen MR) is 68.2 cm³/mol. The minimum absolute atomic E-state index is 0.824. The van der Waals surface area contributed by atoms with E-state index in [2.05, 4.69) is 16.4 Å². The van der Waals surface area contributed by atoms with Crippen LogP contribution in [-0.2, 0) is 0 Å². The van der Waals surface area contributed by atoms with Crippen molar-refractivity contribution in [2.75, 3.05) is 11.9 Å². The van der Waals surface area contributed by atoms with E-state index in [1.165, 1.54) is 0 Å². The van der Waals surface area contributed by atoms with Crippen LogP contribution in [0.3, 0.4) is 0 Å². The molecule has 0 bridgehead atoms. The van der Waals surface area contributed by atoms with Crippen LogP contribution in [0.5, 0.6) is 0 Å². The minimum atomic E-state index is 0.824. The summed E-state index contributed by atoms with van der Waals surface area (Å²) < 4.78 is 5.64. The molecule has 1 aromatic rings. The van der Waals surface area contributed by atoms with Crippen molar-refractivity contribution in [2.24, 2.45) is 0 Å². The highest BCUT2D eigenvalue weighted by molar-refractivity contribution is 6.01. The van der Waals surface area contributed by atoms with Crippen LogP contribution in [-0.4, -0.2) is 11.5 Å². The van der Waals surface area contributed by atoms with Crippen LogP contribution in [0.2, 0.25) is 0 Å². The van der Waals surface area contributed by atoms with E-state index in [-0.39, 0.29) is 0 Å². The third kappa shape index (κ3) is 1.13. The first-order chi connectivity index (χ1) is 8.43. The van der Waals surface area contributed by atoms with Crippen molar-refractivity contribution in [3.63, 3.8) is 0 Å². The summed E-state index contributed by atoms with van der Waals surface area (Å²) in [6.07, 6.45) is 5.83. The molecule has 0 aliphatic carbocycles. The van der Waals surface area contributed by atoms with Crippen LogP contribution in [0.4, 0.5) is 5.69 Å². The van der Waals surface area contributed by atoms with Gasteiger partial charge in [-0.15, -0.1) is 0 Å². The number of hydrogen-bond donors (Lipinski definition) is 1. The van der Waals surface area contributed by atoms with Crippen molar-refractivity contribution in [3.8, 4) is 11.3 Å². The minimum Gasteiger partial charge on any atom is -0.462 e. The number of anilines is 1. The Balaban J connectivity index is 2.15. The van der Waals surface area contributed by atoms with Crippen LogP contribution >= 0.6 is 0 Å². The zero-order chi connectivity index (χ0) is 11.2. The average Bonchev–Trinajstić information content (AvgIpc) is 2.78. The molecule has 3 heterocycles. The lowest BCUT2D eigenvalue weighted by Crippen LogP contribution is -2.06. The number of nitrogens with zero attached hydrogens (tertiary/aromatic N) is 1. The van der Waals surface area contributed by atoms with E-state index < -0.39 is 0 Å². The molecule has 1 N–H and O–H groups in total. The number of benzene rings is 1. The maximum Gasteiger partial charge on any atom is 0.151 e. The monoisotopic (exact) mass is 222 g/mol. The van der Waals surface area contributed by atoms with Crippen LogP contribution in [0.1, 0.15) is 5.76 Å². The van der Waals surface area contributed by atoms with E-state index in [9.17, 15) is 0 Å². The summed E-state index contributed by atoms with van der Waals surface area (Å²) in [4.78, 5) is 4.67. The first kappa shape index (κ1) is 8.82. The molecule has 0 unspecified atom stereocenters. The van der Waals surface area contributed by atoms with E-state index in [0.717, 1.165) is 40.2 Å². The molecule has 0 saturated carbocycles. The van der Waals surface area contributed by atoms with E-state index in [1.54, 1.807) is 6.26 Å². The molecule has 3 nitrogen and oxygen atoms in total. The molecular weight excluding hydrogens is 212 g/mol. The zero-order valence-corrected chi connectivity index (χ0v) is 9.10. The Bertz CT molecular complexity index is 712. The quantitative estimate of drug-likeness (QED) is 0.633. The molecule has 0 spiro atoms. The average molecular weight is 222 g/mol. The van der Waals surface area contributed by atoms with Gasteiger partial charge in [0.25, 0.3) is 0 Å². The van der Waals surface area contributed by atoms with Crippen LogP contribution in [0.25, 0.3) is 28.2 Å². The molecule has 4 rings (SSSR count). The van der Waals surface area contributed by atoms with Gasteiger partial charge in [-0.05, 0) is 12.1 Å². The summed E-state index contributed by atoms with van der Waals surface area (Å²) in [5.74, 6) is 0.853. The van der Waals surface area contributed by atoms with Gasteiger partial charge in [-0.1, -0.05) is 24.3 Å². The molecule has 0 fully saturated rings. The summed E-state index contributed by atoms with van der Waals surface area (Å²) >= 11 is 0. The number of rotatable bonds is 0. The predicted octanol–water partition coefficient (Wildman–Crippen LogP) is 3.37. The van der Waals surface area contributed by atoms with Gasteiger partial charge in [0.05, 0.1) is 5.52 Å². The fraction of sp³-hybridized carbons (Fsp3) is 0.0714. The molecule has 82 valence electrons. The summed E-state index contributed by atoms with van der Waals surface area (Å²) in [5, 5.41) is 4.47. The van der Waals surface area contributed by atoms with Gasteiger partial charge in [-0.3, -0.25) is 0 Å². The van der Waals surface area contributed by atoms with Crippen molar-refractivity contribution in [1.82, 2.24) is 4.98 Å². The molecule has 0 amide bonds. The van der Waals surface area contributed by atoms with E-state index in [1.807, 2.05) is 30.4 Å². The van der Waals surface area contributed by atoms with Crippen molar-refractivity contribution in [2.45, 2.75) is 0 Å². The standard InChI is InChI=1S/C14H10N2O/c1-2-5-11-9(4-1)10-8-17-12-6-3-7-15-14(12)13(10)16-11/h1-6,8,15H,7H2. The lowest BCUT2D eigenvalue weighted by atomic mass is 10.1. The van der Waals surface area contributed by atoms with Crippen molar-refractivity contribution in [1.29, 1.82) is 0 Å². The lowest BCUT2D eigenvalue weighted by Gasteiger charge is -2.14. The van der Waals surface area contributed by atoms with E-state index >= 15 is 0 Å². The smallest absolute Gasteiger partial charge is 0.151 e. The topological polar surface area (TPSA) is 38.1 Å². The summed E-state index contributed by atoms with van der Waals surface area (Å²) in [7, 11) is 0. The Morgan fingerprint density at radius 2 is 2.18 bits per heavy atom. The number of nitrogens with one attached hydrogen (secondary N) is 1. The van der Waals surface area contributed by atoms with Gasteiger partial charge in [0, 0.05) is 17.5 Å². The highest BCUT2D eigenvalue weighted by atomic mass is 16.3. The fourth-order valence-electron chi connectivity index (χ4n) is 2.34. The summed E-state index contributed by atoms with van der Waals surface area (Å²) in [6.45, 7) is 0.824. The van der Waals surface area contributed by atoms with E-state index in [4.69, 9.17) is 4.42 Å². The second-order valence-electron chi connectivity index (χ2n) is 4.15. The maximum absolute atomic E-state index is 5.64. The molecule has 0 aromatic heterocycles. The molecule has 3 heteroatoms. The zero-order valence-electron chi connectivity index (χ0n) is 9.10. The normalized spacial score (nSPS) is 13.9. The molecule has 3 aliphatic rings. The van der Waals surface area contributed by atoms with Gasteiger partial charge >= 0.3 is 0 Å². The highest BCUT2D eigenvalue weighted by Gasteiger charge is 2.20. The Morgan fingerprint density at radius 1 is 1.24 bits per heavy atom. The van der Waals surface area contributed by atoms with Gasteiger partial charge in [0.2, 0.25) is 0 Å². The van der Waals surface area contributed by atoms with Crippen LogP contribution in [0, 0.1) is 0 Å². The summed E-state index contributed by atoms with van der Waals surface area (Å²) in [6, 6.07) is 8.13. The first-order valence-corrected chi connectivity index (χ1v) is 5.64. The highest BCUT2D eigenvalue weighted by Crippen LogP contribution is 2.39. The van der Waals surface area contributed by atoms with Gasteiger partial charge in [-0.2, -0.15) is 0 Å². The third-order valence-electron chi connectivity index (χ3n) is 3.13. The number of fused-ring (bicyclic) bond motifs is 5. The van der Waals surface area contributed by atoms with Crippen molar-refractivity contribution < 1.29 is 4.42 Å². The fourth-order valence-corrected chi connectivity index (χ4v) is 2.34. The molecule has 0 saturated heterocycles. The molecule has 3 aliphatic heterocycles. The van der Waals surface area contributed by atoms with Gasteiger partial charge in [0.15, 0.2) is 5.76 Å². The number of aromatic nitrogens is 1. The van der Waals surface area contributed by atoms with E-state index in [0.29, 0.717) is 0 Å².